The van der Waals surface area contributed by atoms with E-state index in [1.165, 1.54) is 7.11 Å². The fourth-order valence-electron chi connectivity index (χ4n) is 3.24. The van der Waals surface area contributed by atoms with E-state index in [0.717, 1.165) is 31.6 Å². The van der Waals surface area contributed by atoms with Gasteiger partial charge in [-0.1, -0.05) is 0 Å². The van der Waals surface area contributed by atoms with E-state index in [-0.39, 0.29) is 24.0 Å². The van der Waals surface area contributed by atoms with Gasteiger partial charge in [-0.05, 0) is 26.3 Å². The minimum atomic E-state index is -0.303. The van der Waals surface area contributed by atoms with Crippen molar-refractivity contribution < 1.29 is 14.3 Å². The zero-order valence-corrected chi connectivity index (χ0v) is 12.9. The molecule has 1 N–H and O–H groups in total. The molecule has 120 valence electrons. The summed E-state index contributed by atoms with van der Waals surface area (Å²) in [6, 6.07) is -0.388. The molecule has 8 heteroatoms. The van der Waals surface area contributed by atoms with Crippen LogP contribution < -0.4 is 5.32 Å². The molecule has 1 aromatic rings. The van der Waals surface area contributed by atoms with Gasteiger partial charge in [0.05, 0.1) is 7.11 Å². The second-order valence-electron chi connectivity index (χ2n) is 5.93. The van der Waals surface area contributed by atoms with E-state index < -0.39 is 0 Å². The lowest BCUT2D eigenvalue weighted by molar-refractivity contribution is -0.145. The van der Waals surface area contributed by atoms with Crippen LogP contribution in [-0.2, 0) is 22.5 Å². The number of carbonyl (C=O) groups is 2. The van der Waals surface area contributed by atoms with Gasteiger partial charge in [0.15, 0.2) is 0 Å². The zero-order chi connectivity index (χ0) is 15.7. The number of hydrogen-bond acceptors (Lipinski definition) is 6. The SMILES string of the molecule is COC(=O)[C@@H]1C[C@@H](NC(=O)c2nnc3n2CCCC3)CN1C. The van der Waals surface area contributed by atoms with Crippen molar-refractivity contribution >= 4 is 11.9 Å². The van der Waals surface area contributed by atoms with Crippen LogP contribution in [-0.4, -0.2) is 64.3 Å². The van der Waals surface area contributed by atoms with E-state index in [1.54, 1.807) is 0 Å². The smallest absolute Gasteiger partial charge is 0.323 e. The van der Waals surface area contributed by atoms with Crippen molar-refractivity contribution in [2.75, 3.05) is 20.7 Å². The first-order valence-electron chi connectivity index (χ1n) is 7.61. The number of rotatable bonds is 3. The number of esters is 1. The molecule has 0 radical (unpaired) electrons. The molecule has 3 heterocycles. The molecular weight excluding hydrogens is 286 g/mol. The molecule has 0 spiro atoms. The number of likely N-dealkylation sites (tertiary alicyclic amines) is 1. The highest BCUT2D eigenvalue weighted by Crippen LogP contribution is 2.18. The molecule has 0 bridgehead atoms. The Morgan fingerprint density at radius 2 is 2.14 bits per heavy atom. The molecule has 1 fully saturated rings. The summed E-state index contributed by atoms with van der Waals surface area (Å²) in [4.78, 5) is 26.0. The van der Waals surface area contributed by atoms with Gasteiger partial charge in [0.1, 0.15) is 11.9 Å². The number of hydrogen-bond donors (Lipinski definition) is 1. The molecule has 2 atom stereocenters. The summed E-state index contributed by atoms with van der Waals surface area (Å²) in [5.74, 6) is 0.773. The van der Waals surface area contributed by atoms with Crippen molar-refractivity contribution in [3.63, 3.8) is 0 Å². The van der Waals surface area contributed by atoms with E-state index >= 15 is 0 Å². The summed E-state index contributed by atoms with van der Waals surface area (Å²) < 4.78 is 6.68. The number of amides is 1. The Kier molecular flexibility index (Phi) is 4.10. The lowest BCUT2D eigenvalue weighted by atomic mass is 10.1. The van der Waals surface area contributed by atoms with Crippen molar-refractivity contribution in [2.24, 2.45) is 0 Å². The minimum absolute atomic E-state index is 0.0851. The molecular formula is C14H21N5O3. The molecule has 3 rings (SSSR count). The normalized spacial score (nSPS) is 24.8. The fraction of sp³-hybridized carbons (Fsp3) is 0.714. The van der Waals surface area contributed by atoms with Gasteiger partial charge in [-0.2, -0.15) is 0 Å². The van der Waals surface area contributed by atoms with Gasteiger partial charge >= 0.3 is 5.97 Å². The van der Waals surface area contributed by atoms with Crippen molar-refractivity contribution in [3.05, 3.63) is 11.6 Å². The highest BCUT2D eigenvalue weighted by Gasteiger charge is 2.36. The van der Waals surface area contributed by atoms with Gasteiger partial charge in [-0.3, -0.25) is 14.5 Å². The third kappa shape index (κ3) is 2.70. The second kappa shape index (κ2) is 6.04. The molecule has 1 amide bonds. The number of aromatic nitrogens is 3. The van der Waals surface area contributed by atoms with Crippen LogP contribution in [0.4, 0.5) is 0 Å². The van der Waals surface area contributed by atoms with Crippen molar-refractivity contribution in [2.45, 2.75) is 44.3 Å². The fourth-order valence-corrected chi connectivity index (χ4v) is 3.24. The van der Waals surface area contributed by atoms with Crippen molar-refractivity contribution in [1.82, 2.24) is 25.0 Å². The summed E-state index contributed by atoms with van der Waals surface area (Å²) in [7, 11) is 3.23. The Balaban J connectivity index is 1.65. The number of nitrogens with zero attached hydrogens (tertiary/aromatic N) is 4. The number of aryl methyl sites for hydroxylation is 1. The number of ether oxygens (including phenoxy) is 1. The van der Waals surface area contributed by atoms with Crippen molar-refractivity contribution in [1.29, 1.82) is 0 Å². The average molecular weight is 307 g/mol. The van der Waals surface area contributed by atoms with E-state index in [4.69, 9.17) is 4.74 Å². The van der Waals surface area contributed by atoms with Crippen LogP contribution in [0.5, 0.6) is 0 Å². The largest absolute Gasteiger partial charge is 0.468 e. The summed E-state index contributed by atoms with van der Waals surface area (Å²) in [5, 5.41) is 11.1. The summed E-state index contributed by atoms with van der Waals surface area (Å²) in [5.41, 5.74) is 0. The summed E-state index contributed by atoms with van der Waals surface area (Å²) in [6.45, 7) is 1.41. The van der Waals surface area contributed by atoms with Gasteiger partial charge < -0.3 is 14.6 Å². The second-order valence-corrected chi connectivity index (χ2v) is 5.93. The van der Waals surface area contributed by atoms with Gasteiger partial charge in [0.2, 0.25) is 5.82 Å². The van der Waals surface area contributed by atoms with Gasteiger partial charge in [-0.25, -0.2) is 0 Å². The maximum atomic E-state index is 12.4. The van der Waals surface area contributed by atoms with E-state index in [2.05, 4.69) is 15.5 Å². The molecule has 2 aliphatic rings. The molecule has 0 unspecified atom stereocenters. The van der Waals surface area contributed by atoms with Crippen LogP contribution in [0.25, 0.3) is 0 Å². The van der Waals surface area contributed by atoms with Crippen LogP contribution >= 0.6 is 0 Å². The Morgan fingerprint density at radius 1 is 1.32 bits per heavy atom. The van der Waals surface area contributed by atoms with Crippen LogP contribution in [0, 0.1) is 0 Å². The first kappa shape index (κ1) is 15.0. The first-order valence-corrected chi connectivity index (χ1v) is 7.61. The van der Waals surface area contributed by atoms with E-state index in [1.807, 2.05) is 16.5 Å². The molecule has 0 saturated carbocycles. The number of likely N-dealkylation sites (N-methyl/N-ethyl adjacent to an activating group) is 1. The number of fused-ring (bicyclic) bond motifs is 1. The highest BCUT2D eigenvalue weighted by atomic mass is 16.5. The molecule has 0 aromatic carbocycles. The predicted molar refractivity (Wildman–Crippen MR) is 77.3 cm³/mol. The molecule has 22 heavy (non-hydrogen) atoms. The van der Waals surface area contributed by atoms with Crippen LogP contribution in [0.3, 0.4) is 0 Å². The molecule has 1 aromatic heterocycles. The quantitative estimate of drug-likeness (QED) is 0.764. The maximum absolute atomic E-state index is 12.4. The summed E-state index contributed by atoms with van der Waals surface area (Å²) >= 11 is 0. The van der Waals surface area contributed by atoms with Gasteiger partial charge in [-0.15, -0.1) is 10.2 Å². The number of methoxy groups -OCH3 is 1. The van der Waals surface area contributed by atoms with E-state index in [0.29, 0.717) is 18.8 Å². The van der Waals surface area contributed by atoms with Crippen LogP contribution in [0.2, 0.25) is 0 Å². The van der Waals surface area contributed by atoms with E-state index in [9.17, 15) is 9.59 Å². The molecule has 1 saturated heterocycles. The Hall–Kier alpha value is -1.96. The monoisotopic (exact) mass is 307 g/mol. The maximum Gasteiger partial charge on any atom is 0.323 e. The average Bonchev–Trinajstić information content (AvgIpc) is 3.10. The Bertz CT molecular complexity index is 585. The Morgan fingerprint density at radius 3 is 2.91 bits per heavy atom. The number of carbonyl (C=O) groups excluding carboxylic acids is 2. The third-order valence-corrected chi connectivity index (χ3v) is 4.42. The summed E-state index contributed by atoms with van der Waals surface area (Å²) in [6.07, 6.45) is 3.56. The topological polar surface area (TPSA) is 89.3 Å². The molecule has 0 aliphatic carbocycles. The zero-order valence-electron chi connectivity index (χ0n) is 12.9. The molecule has 2 aliphatic heterocycles. The predicted octanol–water partition coefficient (Wildman–Crippen LogP) is -0.410. The van der Waals surface area contributed by atoms with Gasteiger partial charge in [0, 0.05) is 25.6 Å². The lowest BCUT2D eigenvalue weighted by Gasteiger charge is -2.16. The first-order chi connectivity index (χ1) is 10.6. The Labute approximate surface area is 128 Å². The van der Waals surface area contributed by atoms with Crippen LogP contribution in [0.15, 0.2) is 0 Å². The third-order valence-electron chi connectivity index (χ3n) is 4.42. The molecule has 8 nitrogen and oxygen atoms in total. The standard InChI is InChI=1S/C14H21N5O3/c1-18-8-9(7-10(18)14(21)22-2)15-13(20)12-17-16-11-5-3-4-6-19(11)12/h9-10H,3-8H2,1-2H3,(H,15,20)/t9-,10+/m1/s1. The van der Waals surface area contributed by atoms with Gasteiger partial charge in [0.25, 0.3) is 5.91 Å². The van der Waals surface area contributed by atoms with Crippen molar-refractivity contribution in [3.8, 4) is 0 Å². The number of nitrogens with one attached hydrogen (secondary N) is 1. The lowest BCUT2D eigenvalue weighted by Crippen LogP contribution is -2.38. The minimum Gasteiger partial charge on any atom is -0.468 e. The highest BCUT2D eigenvalue weighted by molar-refractivity contribution is 5.91. The van der Waals surface area contributed by atoms with Crippen LogP contribution in [0.1, 0.15) is 35.7 Å².